The number of allylic oxidation sites excluding steroid dienone is 4. The van der Waals surface area contributed by atoms with Gasteiger partial charge in [0.25, 0.3) is 0 Å². The van der Waals surface area contributed by atoms with Crippen LogP contribution in [0.2, 0.25) is 0 Å². The highest BCUT2D eigenvalue weighted by molar-refractivity contribution is 5.87. The first-order valence-electron chi connectivity index (χ1n) is 23.2. The topological polar surface area (TPSA) is 142 Å². The van der Waals surface area contributed by atoms with E-state index in [1.807, 2.05) is 0 Å². The molecule has 0 aromatic rings. The van der Waals surface area contributed by atoms with Crippen molar-refractivity contribution in [2.24, 2.45) is 0 Å². The third kappa shape index (κ3) is 38.2. The fourth-order valence-corrected chi connectivity index (χ4v) is 6.86. The van der Waals surface area contributed by atoms with E-state index in [-0.39, 0.29) is 24.5 Å². The number of aliphatic hydroxyl groups excluding tert-OH is 1. The number of aliphatic carboxylic acids is 1. The van der Waals surface area contributed by atoms with Crippen LogP contribution in [-0.4, -0.2) is 59.3 Å². The van der Waals surface area contributed by atoms with E-state index in [0.29, 0.717) is 19.3 Å². The smallest absolute Gasteiger partial charge is 0.328 e. The van der Waals surface area contributed by atoms with Gasteiger partial charge in [-0.25, -0.2) is 4.79 Å². The lowest BCUT2D eigenvalue weighted by molar-refractivity contribution is -0.150. The van der Waals surface area contributed by atoms with Crippen molar-refractivity contribution in [2.45, 2.75) is 238 Å². The van der Waals surface area contributed by atoms with Crippen LogP contribution in [0.4, 0.5) is 0 Å². The highest BCUT2D eigenvalue weighted by Crippen LogP contribution is 2.19. The van der Waals surface area contributed by atoms with Crippen molar-refractivity contribution in [2.75, 3.05) is 13.2 Å². The van der Waals surface area contributed by atoms with Crippen LogP contribution in [0.1, 0.15) is 226 Å². The highest BCUT2D eigenvalue weighted by atomic mass is 16.5. The minimum absolute atomic E-state index is 0.0170. The van der Waals surface area contributed by atoms with Gasteiger partial charge in [0, 0.05) is 12.8 Å². The fraction of sp³-hybridized carbons (Fsp3) is 0.830. The van der Waals surface area contributed by atoms with Crippen LogP contribution >= 0.6 is 0 Å². The summed E-state index contributed by atoms with van der Waals surface area (Å²) < 4.78 is 6.04. The maximum atomic E-state index is 12.8. The minimum atomic E-state index is -1.38. The van der Waals surface area contributed by atoms with E-state index < -0.39 is 24.5 Å². The standard InChI is InChI=1S/C47H86N2O7/c1-3-5-7-9-11-13-15-17-18-20-22-24-26-31-35-39-46(53)56-42(36-32-28-25-23-21-19-16-14-12-10-8-6-4-2)37-33-29-27-30-34-38-44(51)48-40-45(52)49-43(41-50)47(54)55/h11,13,17-18,42-43,50H,3-10,12,14-16,19-41H2,1-2H3,(H,48,51)(H,49,52)(H,54,55)/b13-11-,18-17-. The monoisotopic (exact) mass is 791 g/mol. The van der Waals surface area contributed by atoms with Crippen LogP contribution in [0.25, 0.3) is 0 Å². The van der Waals surface area contributed by atoms with Crippen LogP contribution in [0.15, 0.2) is 24.3 Å². The molecular formula is C47H86N2O7. The molecule has 2 amide bonds. The van der Waals surface area contributed by atoms with Gasteiger partial charge in [-0.05, 0) is 70.6 Å². The Morgan fingerprint density at radius 1 is 0.536 bits per heavy atom. The van der Waals surface area contributed by atoms with Gasteiger partial charge >= 0.3 is 11.9 Å². The molecule has 9 heteroatoms. The molecule has 0 rings (SSSR count). The zero-order valence-corrected chi connectivity index (χ0v) is 36.1. The molecule has 0 saturated heterocycles. The number of carboxylic acid groups (broad SMARTS) is 1. The van der Waals surface area contributed by atoms with Crippen molar-refractivity contribution < 1.29 is 34.1 Å². The second-order valence-corrected chi connectivity index (χ2v) is 15.8. The summed E-state index contributed by atoms with van der Waals surface area (Å²) in [7, 11) is 0. The Morgan fingerprint density at radius 3 is 1.46 bits per heavy atom. The molecule has 326 valence electrons. The van der Waals surface area contributed by atoms with Crippen molar-refractivity contribution in [1.82, 2.24) is 10.6 Å². The molecule has 0 heterocycles. The number of nitrogens with one attached hydrogen (secondary N) is 2. The third-order valence-electron chi connectivity index (χ3n) is 10.5. The molecule has 0 fully saturated rings. The number of carbonyl (C=O) groups excluding carboxylic acids is 3. The number of aliphatic hydroxyl groups is 1. The lowest BCUT2D eigenvalue weighted by atomic mass is 10.0. The molecular weight excluding hydrogens is 705 g/mol. The maximum absolute atomic E-state index is 12.8. The predicted molar refractivity (Wildman–Crippen MR) is 232 cm³/mol. The summed E-state index contributed by atoms with van der Waals surface area (Å²) in [5.74, 6) is -2.29. The van der Waals surface area contributed by atoms with Gasteiger partial charge in [-0.2, -0.15) is 0 Å². The molecule has 2 atom stereocenters. The summed E-state index contributed by atoms with van der Waals surface area (Å²) >= 11 is 0. The first-order chi connectivity index (χ1) is 27.3. The Labute approximate surface area is 343 Å². The quantitative estimate of drug-likeness (QED) is 0.0274. The fourth-order valence-electron chi connectivity index (χ4n) is 6.86. The van der Waals surface area contributed by atoms with Crippen LogP contribution in [0.5, 0.6) is 0 Å². The maximum Gasteiger partial charge on any atom is 0.328 e. The van der Waals surface area contributed by atoms with E-state index in [9.17, 15) is 19.2 Å². The number of hydrogen-bond acceptors (Lipinski definition) is 6. The van der Waals surface area contributed by atoms with Crippen LogP contribution in [0.3, 0.4) is 0 Å². The third-order valence-corrected chi connectivity index (χ3v) is 10.5. The van der Waals surface area contributed by atoms with Crippen molar-refractivity contribution >= 4 is 23.8 Å². The number of carbonyl (C=O) groups is 4. The molecule has 0 aliphatic heterocycles. The van der Waals surface area contributed by atoms with E-state index in [0.717, 1.165) is 77.0 Å². The van der Waals surface area contributed by atoms with Gasteiger partial charge in [0.1, 0.15) is 12.1 Å². The molecule has 2 unspecified atom stereocenters. The summed E-state index contributed by atoms with van der Waals surface area (Å²) in [6.07, 6.45) is 46.3. The number of ether oxygens (including phenoxy) is 1. The lowest BCUT2D eigenvalue weighted by Gasteiger charge is -2.18. The lowest BCUT2D eigenvalue weighted by Crippen LogP contribution is -2.47. The molecule has 0 aliphatic rings. The second kappa shape index (κ2) is 41.9. The van der Waals surface area contributed by atoms with Crippen molar-refractivity contribution in [3.05, 3.63) is 24.3 Å². The summed E-state index contributed by atoms with van der Waals surface area (Å²) in [6.45, 7) is 3.47. The number of carboxylic acids is 1. The van der Waals surface area contributed by atoms with E-state index in [2.05, 4.69) is 48.8 Å². The van der Waals surface area contributed by atoms with Crippen LogP contribution in [-0.2, 0) is 23.9 Å². The molecule has 0 aromatic heterocycles. The SMILES string of the molecule is CCCCC/C=C\C/C=C\CCCCCCCC(=O)OC(CCCCCCCCCCCCCCC)CCCCCCCC(=O)NCC(=O)NC(CO)C(=O)O. The van der Waals surface area contributed by atoms with Crippen molar-refractivity contribution in [1.29, 1.82) is 0 Å². The number of hydrogen-bond donors (Lipinski definition) is 4. The largest absolute Gasteiger partial charge is 0.480 e. The van der Waals surface area contributed by atoms with Gasteiger partial charge in [0.15, 0.2) is 0 Å². The van der Waals surface area contributed by atoms with Gasteiger partial charge in [0.2, 0.25) is 11.8 Å². The minimum Gasteiger partial charge on any atom is -0.480 e. The average Bonchev–Trinajstić information content (AvgIpc) is 3.18. The first-order valence-corrected chi connectivity index (χ1v) is 23.2. The Kier molecular flexibility index (Phi) is 39.9. The molecule has 4 N–H and O–H groups in total. The number of unbranched alkanes of at least 4 members (excludes halogenated alkanes) is 24. The molecule has 0 saturated carbocycles. The summed E-state index contributed by atoms with van der Waals surface area (Å²) in [5.41, 5.74) is 0. The number of esters is 1. The van der Waals surface area contributed by atoms with Gasteiger partial charge in [-0.1, -0.05) is 167 Å². The normalized spacial score (nSPS) is 12.6. The Balaban J connectivity index is 4.33. The van der Waals surface area contributed by atoms with Crippen molar-refractivity contribution in [3.8, 4) is 0 Å². The molecule has 9 nitrogen and oxygen atoms in total. The van der Waals surface area contributed by atoms with Gasteiger partial charge in [-0.15, -0.1) is 0 Å². The van der Waals surface area contributed by atoms with Gasteiger partial charge in [-0.3, -0.25) is 14.4 Å². The van der Waals surface area contributed by atoms with Crippen LogP contribution < -0.4 is 10.6 Å². The Morgan fingerprint density at radius 2 is 0.964 bits per heavy atom. The van der Waals surface area contributed by atoms with E-state index >= 15 is 0 Å². The van der Waals surface area contributed by atoms with Gasteiger partial charge < -0.3 is 25.6 Å². The zero-order valence-electron chi connectivity index (χ0n) is 36.1. The molecule has 0 bridgehead atoms. The molecule has 56 heavy (non-hydrogen) atoms. The Bertz CT molecular complexity index is 999. The van der Waals surface area contributed by atoms with Gasteiger partial charge in [0.05, 0.1) is 13.2 Å². The van der Waals surface area contributed by atoms with E-state index in [1.165, 1.54) is 116 Å². The first kappa shape index (κ1) is 53.3. The second-order valence-electron chi connectivity index (χ2n) is 15.8. The number of amides is 2. The summed E-state index contributed by atoms with van der Waals surface area (Å²) in [6, 6.07) is -1.38. The summed E-state index contributed by atoms with van der Waals surface area (Å²) in [5, 5.41) is 22.6. The molecule has 0 aliphatic carbocycles. The highest BCUT2D eigenvalue weighted by Gasteiger charge is 2.19. The Hall–Kier alpha value is -2.68. The number of rotatable bonds is 42. The zero-order chi connectivity index (χ0) is 41.2. The van der Waals surface area contributed by atoms with Crippen molar-refractivity contribution in [3.63, 3.8) is 0 Å². The molecule has 0 aromatic carbocycles. The molecule has 0 spiro atoms. The predicted octanol–water partition coefficient (Wildman–Crippen LogP) is 11.6. The van der Waals surface area contributed by atoms with Crippen LogP contribution in [0, 0.1) is 0 Å². The summed E-state index contributed by atoms with van der Waals surface area (Å²) in [4.78, 5) is 47.6. The average molecular weight is 791 g/mol. The van der Waals surface area contributed by atoms with E-state index in [1.54, 1.807) is 0 Å². The molecule has 0 radical (unpaired) electrons. The van der Waals surface area contributed by atoms with E-state index in [4.69, 9.17) is 14.9 Å².